The fourth-order valence-corrected chi connectivity index (χ4v) is 1.24. The van der Waals surface area contributed by atoms with E-state index in [9.17, 15) is 4.39 Å². The van der Waals surface area contributed by atoms with E-state index >= 15 is 0 Å². The second-order valence-electron chi connectivity index (χ2n) is 3.07. The Balaban J connectivity index is 2.19. The van der Waals surface area contributed by atoms with Crippen LogP contribution in [-0.4, -0.2) is 18.7 Å². The van der Waals surface area contributed by atoms with E-state index in [0.717, 1.165) is 11.3 Å². The predicted octanol–water partition coefficient (Wildman–Crippen LogP) is 1.98. The van der Waals surface area contributed by atoms with Crippen molar-refractivity contribution in [3.8, 4) is 0 Å². The zero-order valence-electron chi connectivity index (χ0n) is 7.74. The molecule has 0 saturated carbocycles. The summed E-state index contributed by atoms with van der Waals surface area (Å²) in [4.78, 5) is 8.04. The van der Waals surface area contributed by atoms with Gasteiger partial charge >= 0.3 is 0 Å². The first kappa shape index (κ1) is 8.87. The molecule has 0 amide bonds. The van der Waals surface area contributed by atoms with Gasteiger partial charge in [-0.05, 0) is 24.6 Å². The fraction of sp³-hybridized carbons (Fsp3) is 0.200. The van der Waals surface area contributed by atoms with Crippen LogP contribution in [0.3, 0.4) is 0 Å². The largest absolute Gasteiger partial charge is 0.345 e. The van der Waals surface area contributed by atoms with E-state index in [1.54, 1.807) is 18.5 Å². The van der Waals surface area contributed by atoms with Crippen molar-refractivity contribution in [2.24, 2.45) is 9.98 Å². The molecule has 0 fully saturated rings. The summed E-state index contributed by atoms with van der Waals surface area (Å²) in [7, 11) is 0. The lowest BCUT2D eigenvalue weighted by molar-refractivity contribution is 0.627. The first-order valence-corrected chi connectivity index (χ1v) is 4.33. The maximum atomic E-state index is 12.9. The second-order valence-corrected chi connectivity index (χ2v) is 3.07. The first-order chi connectivity index (χ1) is 6.75. The van der Waals surface area contributed by atoms with Crippen LogP contribution in [0, 0.1) is 12.7 Å². The van der Waals surface area contributed by atoms with Crippen LogP contribution < -0.4 is 5.32 Å². The molecule has 4 heteroatoms. The molecule has 2 rings (SSSR count). The van der Waals surface area contributed by atoms with Crippen molar-refractivity contribution in [2.75, 3.05) is 5.32 Å². The van der Waals surface area contributed by atoms with Gasteiger partial charge in [0.2, 0.25) is 6.29 Å². The molecular formula is C10H10FN3. The van der Waals surface area contributed by atoms with E-state index in [1.165, 1.54) is 12.1 Å². The van der Waals surface area contributed by atoms with Crippen LogP contribution in [-0.2, 0) is 0 Å². The van der Waals surface area contributed by atoms with Crippen LogP contribution in [0.5, 0.6) is 0 Å². The molecule has 72 valence electrons. The standard InChI is InChI=1S/C10H10FN3/c1-7-2-3-8(11)6-9(7)14-10-12-4-5-13-10/h2-6,10,14H,1H3. The summed E-state index contributed by atoms with van der Waals surface area (Å²) in [5.41, 5.74) is 1.70. The number of halogens is 1. The van der Waals surface area contributed by atoms with Crippen LogP contribution in [0.25, 0.3) is 0 Å². The smallest absolute Gasteiger partial charge is 0.214 e. The summed E-state index contributed by atoms with van der Waals surface area (Å²) in [6.45, 7) is 1.91. The summed E-state index contributed by atoms with van der Waals surface area (Å²) in [6.07, 6.45) is 2.92. The van der Waals surface area contributed by atoms with Gasteiger partial charge in [0.1, 0.15) is 5.82 Å². The minimum atomic E-state index is -0.310. The Kier molecular flexibility index (Phi) is 2.26. The van der Waals surface area contributed by atoms with E-state index in [-0.39, 0.29) is 12.1 Å². The molecule has 0 radical (unpaired) electrons. The van der Waals surface area contributed by atoms with E-state index in [1.807, 2.05) is 6.92 Å². The summed E-state index contributed by atoms with van der Waals surface area (Å²) < 4.78 is 12.9. The van der Waals surface area contributed by atoms with Crippen LogP contribution in [0.1, 0.15) is 5.56 Å². The van der Waals surface area contributed by atoms with Gasteiger partial charge in [0, 0.05) is 18.1 Å². The first-order valence-electron chi connectivity index (χ1n) is 4.33. The number of hydrogen-bond donors (Lipinski definition) is 1. The average molecular weight is 191 g/mol. The molecule has 14 heavy (non-hydrogen) atoms. The number of aryl methyl sites for hydroxylation is 1. The van der Waals surface area contributed by atoms with Gasteiger partial charge in [-0.3, -0.25) is 0 Å². The van der Waals surface area contributed by atoms with Crippen molar-refractivity contribution in [1.29, 1.82) is 0 Å². The number of nitrogens with zero attached hydrogens (tertiary/aromatic N) is 2. The van der Waals surface area contributed by atoms with Gasteiger partial charge in [-0.2, -0.15) is 0 Å². The lowest BCUT2D eigenvalue weighted by atomic mass is 10.2. The van der Waals surface area contributed by atoms with Crippen molar-refractivity contribution < 1.29 is 4.39 Å². The maximum absolute atomic E-state index is 12.9. The van der Waals surface area contributed by atoms with Crippen molar-refractivity contribution >= 4 is 18.1 Å². The molecule has 0 spiro atoms. The van der Waals surface area contributed by atoms with Crippen LogP contribution >= 0.6 is 0 Å². The Morgan fingerprint density at radius 1 is 1.29 bits per heavy atom. The Labute approximate surface area is 81.4 Å². The van der Waals surface area contributed by atoms with Gasteiger partial charge in [0.15, 0.2) is 0 Å². The number of nitrogens with one attached hydrogen (secondary N) is 1. The summed E-state index contributed by atoms with van der Waals surface area (Å²) in [5.74, 6) is -0.260. The van der Waals surface area contributed by atoms with E-state index < -0.39 is 0 Å². The maximum Gasteiger partial charge on any atom is 0.214 e. The molecule has 1 N–H and O–H groups in total. The number of anilines is 1. The van der Waals surface area contributed by atoms with E-state index in [2.05, 4.69) is 15.3 Å². The number of aliphatic imine (C=N–C) groups is 2. The topological polar surface area (TPSA) is 36.8 Å². The molecule has 1 aromatic rings. The zero-order chi connectivity index (χ0) is 9.97. The third-order valence-corrected chi connectivity index (χ3v) is 2.01. The highest BCUT2D eigenvalue weighted by Crippen LogP contribution is 2.17. The quantitative estimate of drug-likeness (QED) is 0.762. The van der Waals surface area contributed by atoms with Crippen molar-refractivity contribution in [3.63, 3.8) is 0 Å². The average Bonchev–Trinajstić information content (AvgIpc) is 2.64. The Morgan fingerprint density at radius 3 is 2.71 bits per heavy atom. The SMILES string of the molecule is Cc1ccc(F)cc1NC1N=CC=N1. The molecule has 0 bridgehead atoms. The van der Waals surface area contributed by atoms with Gasteiger partial charge in [0.05, 0.1) is 0 Å². The summed E-state index contributed by atoms with van der Waals surface area (Å²) >= 11 is 0. The lowest BCUT2D eigenvalue weighted by Gasteiger charge is -2.11. The molecule has 1 aromatic carbocycles. The zero-order valence-corrected chi connectivity index (χ0v) is 7.74. The Bertz CT molecular complexity index is 386. The van der Waals surface area contributed by atoms with Crippen molar-refractivity contribution in [2.45, 2.75) is 13.2 Å². The Morgan fingerprint density at radius 2 is 2.00 bits per heavy atom. The molecule has 1 aliphatic heterocycles. The monoisotopic (exact) mass is 191 g/mol. The molecule has 0 aromatic heterocycles. The molecule has 0 unspecified atom stereocenters. The molecule has 0 saturated heterocycles. The van der Waals surface area contributed by atoms with Crippen LogP contribution in [0.4, 0.5) is 10.1 Å². The van der Waals surface area contributed by atoms with E-state index in [0.29, 0.717) is 0 Å². The minimum Gasteiger partial charge on any atom is -0.345 e. The highest BCUT2D eigenvalue weighted by Gasteiger charge is 2.07. The normalized spacial score (nSPS) is 15.0. The number of benzene rings is 1. The molecule has 0 aliphatic carbocycles. The number of hydrogen-bond acceptors (Lipinski definition) is 3. The van der Waals surface area contributed by atoms with Crippen molar-refractivity contribution in [3.05, 3.63) is 29.6 Å². The minimum absolute atomic E-state index is 0.260. The summed E-state index contributed by atoms with van der Waals surface area (Å²) in [6, 6.07) is 4.60. The van der Waals surface area contributed by atoms with Gasteiger partial charge in [-0.25, -0.2) is 14.4 Å². The van der Waals surface area contributed by atoms with Crippen molar-refractivity contribution in [1.82, 2.24) is 0 Å². The highest BCUT2D eigenvalue weighted by atomic mass is 19.1. The second kappa shape index (κ2) is 3.57. The lowest BCUT2D eigenvalue weighted by Crippen LogP contribution is -2.12. The third kappa shape index (κ3) is 1.79. The third-order valence-electron chi connectivity index (χ3n) is 2.01. The predicted molar refractivity (Wildman–Crippen MR) is 55.5 cm³/mol. The highest BCUT2D eigenvalue weighted by molar-refractivity contribution is 6.17. The van der Waals surface area contributed by atoms with Gasteiger partial charge in [0.25, 0.3) is 0 Å². The van der Waals surface area contributed by atoms with Gasteiger partial charge in [-0.15, -0.1) is 0 Å². The fourth-order valence-electron chi connectivity index (χ4n) is 1.24. The van der Waals surface area contributed by atoms with Crippen LogP contribution in [0.15, 0.2) is 28.2 Å². The molecule has 1 aliphatic rings. The van der Waals surface area contributed by atoms with Crippen LogP contribution in [0.2, 0.25) is 0 Å². The molecule has 1 heterocycles. The molecule has 0 atom stereocenters. The van der Waals surface area contributed by atoms with E-state index in [4.69, 9.17) is 0 Å². The summed E-state index contributed by atoms with van der Waals surface area (Å²) in [5, 5.41) is 3.01. The van der Waals surface area contributed by atoms with Gasteiger partial charge < -0.3 is 5.32 Å². The molecular weight excluding hydrogens is 181 g/mol. The number of rotatable bonds is 2. The molecule has 3 nitrogen and oxygen atoms in total. The van der Waals surface area contributed by atoms with Gasteiger partial charge in [-0.1, -0.05) is 6.07 Å². The Hall–Kier alpha value is -1.71.